The van der Waals surface area contributed by atoms with Crippen LogP contribution in [0, 0.1) is 0 Å². The highest BCUT2D eigenvalue weighted by molar-refractivity contribution is 6.19. The molecular formula is C30H33F3N2O6. The molecule has 1 unspecified atom stereocenters. The van der Waals surface area contributed by atoms with Crippen LogP contribution < -0.4 is 19.5 Å². The molecule has 0 bridgehead atoms. The fourth-order valence-electron chi connectivity index (χ4n) is 5.76. The molecule has 0 radical (unpaired) electrons. The van der Waals surface area contributed by atoms with Crippen LogP contribution in [0.5, 0.6) is 17.2 Å². The number of rotatable bonds is 8. The average molecular weight is 575 g/mol. The molecule has 4 rings (SSSR count). The number of alkyl halides is 3. The van der Waals surface area contributed by atoms with Gasteiger partial charge in [0.15, 0.2) is 17.3 Å². The number of Topliss-reactive ketones (excluding diaryl/α,β-unsaturated/α-hetero) is 1. The molecule has 220 valence electrons. The number of carbonyl (C=O) groups excluding carboxylic acids is 3. The van der Waals surface area contributed by atoms with Crippen molar-refractivity contribution < 1.29 is 41.8 Å². The van der Waals surface area contributed by atoms with Crippen LogP contribution in [0.2, 0.25) is 0 Å². The van der Waals surface area contributed by atoms with Crippen molar-refractivity contribution in [2.45, 2.75) is 63.2 Å². The number of halogens is 3. The van der Waals surface area contributed by atoms with Crippen LogP contribution >= 0.6 is 0 Å². The van der Waals surface area contributed by atoms with Gasteiger partial charge in [-0.2, -0.15) is 13.2 Å². The molecule has 41 heavy (non-hydrogen) atoms. The van der Waals surface area contributed by atoms with E-state index < -0.39 is 40.9 Å². The van der Waals surface area contributed by atoms with E-state index >= 15 is 13.2 Å². The molecule has 1 saturated carbocycles. The number of hydrogen-bond donors (Lipinski definition) is 1. The smallest absolute Gasteiger partial charge is 0.425 e. The van der Waals surface area contributed by atoms with Crippen molar-refractivity contribution in [3.8, 4) is 17.2 Å². The van der Waals surface area contributed by atoms with Crippen molar-refractivity contribution in [2.75, 3.05) is 21.3 Å². The minimum atomic E-state index is -5.36. The highest BCUT2D eigenvalue weighted by Gasteiger charge is 2.71. The van der Waals surface area contributed by atoms with Crippen molar-refractivity contribution in [2.24, 2.45) is 0 Å². The summed E-state index contributed by atoms with van der Waals surface area (Å²) in [5.74, 6) is -3.44. The Hall–Kier alpha value is -4.02. The first kappa shape index (κ1) is 30.0. The highest BCUT2D eigenvalue weighted by atomic mass is 19.4. The van der Waals surface area contributed by atoms with E-state index in [1.54, 1.807) is 6.07 Å². The zero-order chi connectivity index (χ0) is 29.9. The summed E-state index contributed by atoms with van der Waals surface area (Å²) in [4.78, 5) is 42.6. The lowest BCUT2D eigenvalue weighted by Gasteiger charge is -2.35. The summed E-state index contributed by atoms with van der Waals surface area (Å²) in [6.07, 6.45) is -1.10. The molecule has 1 aliphatic carbocycles. The molecule has 2 aromatic carbocycles. The topological polar surface area (TPSA) is 94.2 Å². The number of benzene rings is 2. The Morgan fingerprint density at radius 1 is 0.902 bits per heavy atom. The van der Waals surface area contributed by atoms with E-state index in [0.717, 1.165) is 30.6 Å². The largest absolute Gasteiger partial charge is 0.493 e. The Morgan fingerprint density at radius 3 is 1.95 bits per heavy atom. The zero-order valence-corrected chi connectivity index (χ0v) is 23.4. The predicted molar refractivity (Wildman–Crippen MR) is 144 cm³/mol. The summed E-state index contributed by atoms with van der Waals surface area (Å²) >= 11 is 0. The first-order valence-corrected chi connectivity index (χ1v) is 13.4. The van der Waals surface area contributed by atoms with Crippen LogP contribution in [0.4, 0.5) is 13.2 Å². The first-order chi connectivity index (χ1) is 19.5. The van der Waals surface area contributed by atoms with Crippen molar-refractivity contribution in [3.05, 3.63) is 64.9 Å². The van der Waals surface area contributed by atoms with Gasteiger partial charge in [0.05, 0.1) is 26.9 Å². The normalized spacial score (nSPS) is 20.1. The summed E-state index contributed by atoms with van der Waals surface area (Å²) in [6.45, 7) is 1.35. The van der Waals surface area contributed by atoms with Gasteiger partial charge in [-0.25, -0.2) is 0 Å². The Labute approximate surface area is 236 Å². The van der Waals surface area contributed by atoms with E-state index in [4.69, 9.17) is 14.2 Å². The molecule has 1 atom stereocenters. The molecular weight excluding hydrogens is 541 g/mol. The Morgan fingerprint density at radius 2 is 1.46 bits per heavy atom. The van der Waals surface area contributed by atoms with Crippen molar-refractivity contribution in [3.63, 3.8) is 0 Å². The van der Waals surface area contributed by atoms with Gasteiger partial charge in [-0.1, -0.05) is 56.0 Å². The fraction of sp³-hybridized carbons (Fsp3) is 0.433. The predicted octanol–water partition coefficient (Wildman–Crippen LogP) is 5.47. The Balaban J connectivity index is 1.90. The lowest BCUT2D eigenvalue weighted by atomic mass is 9.84. The summed E-state index contributed by atoms with van der Waals surface area (Å²) in [6, 6.07) is 9.24. The summed E-state index contributed by atoms with van der Waals surface area (Å²) < 4.78 is 61.8. The van der Waals surface area contributed by atoms with Crippen molar-refractivity contribution in [1.82, 2.24) is 10.2 Å². The molecule has 1 heterocycles. The molecule has 1 fully saturated rings. The standard InChI is InChI=1S/C30H33F3N2O6/c1-18-24(25(36)19-12-8-7-9-13-19)29(30(31,32)33,28(38)35(18)21-14-10-5-6-11-15-21)34-27(37)20-16-22(39-2)26(41-4)23(17-20)40-3/h7-9,12-13,16-17,21H,5-6,10-11,14-15H2,1-4H3,(H,34,37). The van der Waals surface area contributed by atoms with E-state index in [9.17, 15) is 14.4 Å². The van der Waals surface area contributed by atoms with Gasteiger partial charge in [-0.15, -0.1) is 0 Å². The maximum Gasteiger partial charge on any atom is 0.425 e. The van der Waals surface area contributed by atoms with Crippen LogP contribution in [0.3, 0.4) is 0 Å². The molecule has 8 nitrogen and oxygen atoms in total. The van der Waals surface area contributed by atoms with Gasteiger partial charge < -0.3 is 24.4 Å². The van der Waals surface area contributed by atoms with Gasteiger partial charge in [0.2, 0.25) is 11.3 Å². The summed E-state index contributed by atoms with van der Waals surface area (Å²) in [5.41, 5.74) is -4.86. The fourth-order valence-corrected chi connectivity index (χ4v) is 5.76. The van der Waals surface area contributed by atoms with Gasteiger partial charge >= 0.3 is 6.18 Å². The van der Waals surface area contributed by atoms with Gasteiger partial charge in [0, 0.05) is 22.9 Å². The van der Waals surface area contributed by atoms with Crippen molar-refractivity contribution >= 4 is 17.6 Å². The molecule has 11 heteroatoms. The number of amides is 2. The molecule has 0 saturated heterocycles. The minimum absolute atomic E-state index is 0.0307. The van der Waals surface area contributed by atoms with E-state index in [1.165, 1.54) is 64.7 Å². The second-order valence-corrected chi connectivity index (χ2v) is 10.1. The Bertz CT molecular complexity index is 1320. The van der Waals surface area contributed by atoms with E-state index in [-0.39, 0.29) is 34.1 Å². The lowest BCUT2D eigenvalue weighted by Crippen LogP contribution is -2.66. The molecule has 2 aliphatic rings. The maximum atomic E-state index is 15.4. The number of nitrogens with zero attached hydrogens (tertiary/aromatic N) is 1. The van der Waals surface area contributed by atoms with Crippen LogP contribution in [0.1, 0.15) is 66.2 Å². The summed E-state index contributed by atoms with van der Waals surface area (Å²) in [5, 5.41) is 1.97. The molecule has 0 aromatic heterocycles. The minimum Gasteiger partial charge on any atom is -0.493 e. The third-order valence-corrected chi connectivity index (χ3v) is 7.74. The van der Waals surface area contributed by atoms with Crippen molar-refractivity contribution in [1.29, 1.82) is 0 Å². The lowest BCUT2D eigenvalue weighted by molar-refractivity contribution is -0.190. The quantitative estimate of drug-likeness (QED) is 0.332. The van der Waals surface area contributed by atoms with E-state index in [2.05, 4.69) is 0 Å². The second kappa shape index (κ2) is 11.8. The first-order valence-electron chi connectivity index (χ1n) is 13.4. The highest BCUT2D eigenvalue weighted by Crippen LogP contribution is 2.48. The molecule has 0 spiro atoms. The number of allylic oxidation sites excluding steroid dienone is 1. The maximum absolute atomic E-state index is 15.4. The van der Waals surface area contributed by atoms with Gasteiger partial charge in [-0.3, -0.25) is 14.4 Å². The third kappa shape index (κ3) is 5.25. The van der Waals surface area contributed by atoms with Crippen LogP contribution in [0.15, 0.2) is 53.7 Å². The van der Waals surface area contributed by atoms with E-state index in [1.807, 2.05) is 5.32 Å². The molecule has 2 aromatic rings. The molecule has 1 N–H and O–H groups in total. The van der Waals surface area contributed by atoms with Gasteiger partial charge in [0.25, 0.3) is 11.8 Å². The summed E-state index contributed by atoms with van der Waals surface area (Å²) in [7, 11) is 3.93. The monoisotopic (exact) mass is 574 g/mol. The molecule has 1 aliphatic heterocycles. The molecule has 2 amide bonds. The zero-order valence-electron chi connectivity index (χ0n) is 23.4. The number of ketones is 1. The third-order valence-electron chi connectivity index (χ3n) is 7.74. The number of hydrogen-bond acceptors (Lipinski definition) is 6. The number of methoxy groups -OCH3 is 3. The number of nitrogens with one attached hydrogen (secondary N) is 1. The van der Waals surface area contributed by atoms with E-state index in [0.29, 0.717) is 12.8 Å². The second-order valence-electron chi connectivity index (χ2n) is 10.1. The average Bonchev–Trinajstić information content (AvgIpc) is 3.12. The SMILES string of the molecule is COc1cc(C(=O)NC2(C(F)(F)F)C(=O)N(C3CCCCCC3)C(C)=C2C(=O)c2ccccc2)cc(OC)c1OC. The van der Waals surface area contributed by atoms with Gasteiger partial charge in [-0.05, 0) is 31.9 Å². The van der Waals surface area contributed by atoms with Crippen LogP contribution in [-0.4, -0.2) is 61.6 Å². The van der Waals surface area contributed by atoms with Crippen LogP contribution in [0.25, 0.3) is 0 Å². The Kier molecular flexibility index (Phi) is 8.65. The van der Waals surface area contributed by atoms with Gasteiger partial charge in [0.1, 0.15) is 0 Å². The number of carbonyl (C=O) groups is 3. The van der Waals surface area contributed by atoms with Crippen LogP contribution in [-0.2, 0) is 4.79 Å². The number of ether oxygens (including phenoxy) is 3.